The molecule has 0 aromatic carbocycles. The molecule has 0 aromatic heterocycles. The lowest BCUT2D eigenvalue weighted by Crippen LogP contribution is -2.37. The Balaban J connectivity index is 4.12. The predicted octanol–water partition coefficient (Wildman–Crippen LogP) is 15.0. The normalized spacial score (nSPS) is 13.7. The Morgan fingerprint density at radius 3 is 1.30 bits per heavy atom. The molecule has 0 aliphatic carbocycles. The second-order valence-corrected chi connectivity index (χ2v) is 20.3. The number of carbonyl (C=O) groups is 2. The van der Waals surface area contributed by atoms with Crippen molar-refractivity contribution in [2.24, 2.45) is 0 Å². The van der Waals surface area contributed by atoms with E-state index in [0.717, 1.165) is 64.2 Å². The summed E-state index contributed by atoms with van der Waals surface area (Å²) in [5, 5.41) is 0. The first-order valence-electron chi connectivity index (χ1n) is 26.2. The molecule has 0 heterocycles. The van der Waals surface area contributed by atoms with Crippen molar-refractivity contribution in [3.8, 4) is 0 Å². The van der Waals surface area contributed by atoms with Gasteiger partial charge in [-0.3, -0.25) is 14.2 Å². The van der Waals surface area contributed by atoms with E-state index in [1.165, 1.54) is 141 Å². The summed E-state index contributed by atoms with van der Waals surface area (Å²) < 4.78 is 34.0. The van der Waals surface area contributed by atoms with Crippen LogP contribution in [0.2, 0.25) is 0 Å². The molecule has 9 nitrogen and oxygen atoms in total. The largest absolute Gasteiger partial charge is 0.756 e. The number of phosphoric acid groups is 1. The molecule has 0 fully saturated rings. The summed E-state index contributed by atoms with van der Waals surface area (Å²) >= 11 is 0. The highest BCUT2D eigenvalue weighted by atomic mass is 31.2. The lowest BCUT2D eigenvalue weighted by Gasteiger charge is -2.28. The maximum atomic E-state index is 12.7. The van der Waals surface area contributed by atoms with Gasteiger partial charge in [0.05, 0.1) is 27.7 Å². The summed E-state index contributed by atoms with van der Waals surface area (Å²) in [5.74, 6) is -0.838. The molecule has 0 spiro atoms. The first-order valence-corrected chi connectivity index (χ1v) is 27.7. The van der Waals surface area contributed by atoms with E-state index in [9.17, 15) is 19.0 Å². The maximum absolute atomic E-state index is 12.7. The predicted molar refractivity (Wildman–Crippen MR) is 264 cm³/mol. The van der Waals surface area contributed by atoms with Crippen molar-refractivity contribution < 1.29 is 42.1 Å². The number of phosphoric ester groups is 1. The molecular weight excluding hydrogens is 810 g/mol. The highest BCUT2D eigenvalue weighted by Crippen LogP contribution is 2.38. The van der Waals surface area contributed by atoms with Crippen LogP contribution in [0, 0.1) is 0 Å². The number of unbranched alkanes of at least 4 members (excludes halogenated alkanes) is 28. The summed E-state index contributed by atoms with van der Waals surface area (Å²) in [4.78, 5) is 37.6. The van der Waals surface area contributed by atoms with Crippen LogP contribution in [0.15, 0.2) is 36.5 Å². The first kappa shape index (κ1) is 61.2. The van der Waals surface area contributed by atoms with Gasteiger partial charge in [-0.2, -0.15) is 0 Å². The fourth-order valence-corrected chi connectivity index (χ4v) is 8.00. The van der Waals surface area contributed by atoms with Gasteiger partial charge in [0, 0.05) is 12.8 Å². The molecule has 63 heavy (non-hydrogen) atoms. The Morgan fingerprint density at radius 2 is 0.857 bits per heavy atom. The topological polar surface area (TPSA) is 111 Å². The number of allylic oxidation sites excluding steroid dienone is 6. The number of hydrogen-bond donors (Lipinski definition) is 0. The molecule has 0 aliphatic rings. The monoisotopic (exact) mass is 910 g/mol. The third kappa shape index (κ3) is 49.5. The molecule has 0 radical (unpaired) electrons. The molecule has 0 saturated heterocycles. The van der Waals surface area contributed by atoms with Crippen LogP contribution in [0.4, 0.5) is 0 Å². The minimum Gasteiger partial charge on any atom is -0.756 e. The summed E-state index contributed by atoms with van der Waals surface area (Å²) in [6, 6.07) is 0. The van der Waals surface area contributed by atoms with Crippen LogP contribution in [0.25, 0.3) is 0 Å². The average molecular weight is 910 g/mol. The molecule has 10 heteroatoms. The SMILES string of the molecule is CCCCC/C=C\CCCCCCCC(=O)OCC(COP(=O)([O-])OCC[N+](C)(C)C)OC(=O)CCCCCCCCCCCCCCCCC/C=C\C/C=C\CCCCCCC. The van der Waals surface area contributed by atoms with Crippen molar-refractivity contribution >= 4 is 19.8 Å². The summed E-state index contributed by atoms with van der Waals surface area (Å²) in [6.45, 7) is 4.21. The molecule has 0 saturated carbocycles. The highest BCUT2D eigenvalue weighted by molar-refractivity contribution is 7.45. The van der Waals surface area contributed by atoms with Crippen molar-refractivity contribution in [1.82, 2.24) is 0 Å². The Morgan fingerprint density at radius 1 is 0.492 bits per heavy atom. The van der Waals surface area contributed by atoms with Gasteiger partial charge < -0.3 is 27.9 Å². The molecule has 2 unspecified atom stereocenters. The zero-order valence-corrected chi connectivity index (χ0v) is 42.7. The van der Waals surface area contributed by atoms with Gasteiger partial charge in [-0.15, -0.1) is 0 Å². The fourth-order valence-electron chi connectivity index (χ4n) is 7.27. The molecule has 0 aromatic rings. The Bertz CT molecular complexity index is 1170. The molecule has 370 valence electrons. The third-order valence-electron chi connectivity index (χ3n) is 11.4. The van der Waals surface area contributed by atoms with Crippen LogP contribution in [0.1, 0.15) is 239 Å². The van der Waals surface area contributed by atoms with Crippen molar-refractivity contribution in [1.29, 1.82) is 0 Å². The number of nitrogens with zero attached hydrogens (tertiary/aromatic N) is 1. The van der Waals surface area contributed by atoms with Gasteiger partial charge in [0.15, 0.2) is 6.10 Å². The minimum atomic E-state index is -4.63. The number of likely N-dealkylation sites (N-methyl/N-ethyl adjacent to an activating group) is 1. The van der Waals surface area contributed by atoms with Gasteiger partial charge in [-0.1, -0.05) is 192 Å². The van der Waals surface area contributed by atoms with Crippen LogP contribution >= 0.6 is 7.82 Å². The molecule has 0 amide bonds. The summed E-state index contributed by atoms with van der Waals surface area (Å²) in [6.07, 6.45) is 53.3. The molecule has 0 aliphatic heterocycles. The molecular formula is C53H100NO8P. The van der Waals surface area contributed by atoms with Crippen molar-refractivity contribution in [2.45, 2.75) is 245 Å². The lowest BCUT2D eigenvalue weighted by molar-refractivity contribution is -0.870. The Labute approximate surface area is 389 Å². The second kappa shape index (κ2) is 45.4. The number of carbonyl (C=O) groups excluding carboxylic acids is 2. The average Bonchev–Trinajstić information content (AvgIpc) is 3.24. The van der Waals surface area contributed by atoms with E-state index >= 15 is 0 Å². The van der Waals surface area contributed by atoms with E-state index in [2.05, 4.69) is 50.3 Å². The number of hydrogen-bond acceptors (Lipinski definition) is 8. The fraction of sp³-hybridized carbons (Fsp3) is 0.849. The van der Waals surface area contributed by atoms with Gasteiger partial charge in [0.1, 0.15) is 19.8 Å². The zero-order chi connectivity index (χ0) is 46.4. The van der Waals surface area contributed by atoms with Gasteiger partial charge in [0.25, 0.3) is 7.82 Å². The van der Waals surface area contributed by atoms with E-state index < -0.39 is 32.5 Å². The van der Waals surface area contributed by atoms with Gasteiger partial charge >= 0.3 is 11.9 Å². The van der Waals surface area contributed by atoms with Crippen LogP contribution in [-0.2, 0) is 32.7 Å². The van der Waals surface area contributed by atoms with Crippen molar-refractivity contribution in [3.63, 3.8) is 0 Å². The first-order chi connectivity index (χ1) is 30.5. The number of esters is 2. The van der Waals surface area contributed by atoms with E-state index in [1.807, 2.05) is 21.1 Å². The summed E-state index contributed by atoms with van der Waals surface area (Å²) in [5.41, 5.74) is 0. The van der Waals surface area contributed by atoms with Crippen LogP contribution in [-0.4, -0.2) is 70.0 Å². The van der Waals surface area contributed by atoms with E-state index in [0.29, 0.717) is 17.4 Å². The van der Waals surface area contributed by atoms with Crippen LogP contribution in [0.3, 0.4) is 0 Å². The van der Waals surface area contributed by atoms with E-state index in [4.69, 9.17) is 18.5 Å². The molecule has 0 rings (SSSR count). The third-order valence-corrected chi connectivity index (χ3v) is 12.3. The van der Waals surface area contributed by atoms with Crippen molar-refractivity contribution in [3.05, 3.63) is 36.5 Å². The van der Waals surface area contributed by atoms with E-state index in [1.54, 1.807) is 0 Å². The highest BCUT2D eigenvalue weighted by Gasteiger charge is 2.21. The standard InChI is InChI=1S/C53H100NO8P/c1-6-8-10-12-14-16-18-20-21-22-23-24-25-26-27-28-29-30-31-32-33-34-36-38-40-42-44-46-53(56)62-51(50-61-63(57,58)60-48-47-54(3,4)5)49-59-52(55)45-43-41-39-37-35-19-17-15-13-11-9-7-2/h15,17-18,20,22-23,51H,6-14,16,19,21,24-50H2,1-5H3/b17-15-,20-18-,23-22-. The van der Waals surface area contributed by atoms with E-state index in [-0.39, 0.29) is 26.1 Å². The smallest absolute Gasteiger partial charge is 0.306 e. The Kier molecular flexibility index (Phi) is 44.1. The number of ether oxygens (including phenoxy) is 2. The Hall–Kier alpha value is -1.77. The summed E-state index contributed by atoms with van der Waals surface area (Å²) in [7, 11) is 1.17. The van der Waals surface area contributed by atoms with Crippen LogP contribution in [0.5, 0.6) is 0 Å². The zero-order valence-electron chi connectivity index (χ0n) is 41.8. The minimum absolute atomic E-state index is 0.0312. The second-order valence-electron chi connectivity index (χ2n) is 18.9. The lowest BCUT2D eigenvalue weighted by atomic mass is 10.0. The van der Waals surface area contributed by atoms with Gasteiger partial charge in [0.2, 0.25) is 0 Å². The maximum Gasteiger partial charge on any atom is 0.306 e. The quantitative estimate of drug-likeness (QED) is 0.0195. The van der Waals surface area contributed by atoms with Crippen LogP contribution < -0.4 is 4.89 Å². The van der Waals surface area contributed by atoms with Gasteiger partial charge in [-0.05, 0) is 70.6 Å². The molecule has 2 atom stereocenters. The molecule has 0 bridgehead atoms. The number of rotatable bonds is 48. The van der Waals surface area contributed by atoms with Gasteiger partial charge in [-0.25, -0.2) is 0 Å². The van der Waals surface area contributed by atoms with Crippen molar-refractivity contribution in [2.75, 3.05) is 47.5 Å². The number of quaternary nitrogens is 1. The molecule has 0 N–H and O–H groups in total.